The Balaban J connectivity index is 2.06. The van der Waals surface area contributed by atoms with E-state index in [1.807, 2.05) is 31.2 Å². The molecule has 3 heteroatoms. The first-order valence-corrected chi connectivity index (χ1v) is 6.25. The van der Waals surface area contributed by atoms with Crippen LogP contribution in [0, 0.1) is 12.7 Å². The number of ether oxygens (including phenoxy) is 1. The van der Waals surface area contributed by atoms with Gasteiger partial charge in [0.2, 0.25) is 0 Å². The van der Waals surface area contributed by atoms with Crippen molar-refractivity contribution in [2.45, 2.75) is 19.4 Å². The van der Waals surface area contributed by atoms with E-state index in [2.05, 4.69) is 0 Å². The van der Waals surface area contributed by atoms with Gasteiger partial charge in [-0.25, -0.2) is 4.39 Å². The van der Waals surface area contributed by atoms with Crippen LogP contribution in [0.1, 0.15) is 16.7 Å². The minimum atomic E-state index is -0.374. The van der Waals surface area contributed by atoms with Gasteiger partial charge in [0.15, 0.2) is 11.6 Å². The Morgan fingerprint density at radius 1 is 1.11 bits per heavy atom. The highest BCUT2D eigenvalue weighted by molar-refractivity contribution is 6.17. The lowest BCUT2D eigenvalue weighted by Gasteiger charge is -2.08. The molecule has 0 heterocycles. The van der Waals surface area contributed by atoms with Crippen LogP contribution in [0.25, 0.3) is 0 Å². The summed E-state index contributed by atoms with van der Waals surface area (Å²) in [5.74, 6) is 0.181. The molecule has 0 aromatic heterocycles. The van der Waals surface area contributed by atoms with Gasteiger partial charge in [0.1, 0.15) is 6.61 Å². The predicted octanol–water partition coefficient (Wildman–Crippen LogP) is 4.45. The topological polar surface area (TPSA) is 9.23 Å². The minimum Gasteiger partial charge on any atom is -0.486 e. The van der Waals surface area contributed by atoms with Gasteiger partial charge in [-0.15, -0.1) is 11.6 Å². The molecule has 0 atom stereocenters. The normalized spacial score (nSPS) is 10.4. The van der Waals surface area contributed by atoms with Crippen LogP contribution in [-0.2, 0) is 12.5 Å². The van der Waals surface area contributed by atoms with E-state index in [0.717, 1.165) is 16.7 Å². The zero-order valence-electron chi connectivity index (χ0n) is 10.1. The van der Waals surface area contributed by atoms with Crippen LogP contribution in [0.15, 0.2) is 42.5 Å². The fourth-order valence-corrected chi connectivity index (χ4v) is 1.87. The summed E-state index contributed by atoms with van der Waals surface area (Å²) in [6.07, 6.45) is 0. The van der Waals surface area contributed by atoms with Crippen molar-refractivity contribution in [2.24, 2.45) is 0 Å². The maximum absolute atomic E-state index is 13.6. The molecule has 0 aliphatic heterocycles. The third-order valence-electron chi connectivity index (χ3n) is 2.63. The maximum atomic E-state index is 13.6. The molecule has 0 N–H and O–H groups in total. The summed E-state index contributed by atoms with van der Waals surface area (Å²) in [5.41, 5.74) is 2.93. The van der Waals surface area contributed by atoms with Crippen LogP contribution in [0.4, 0.5) is 4.39 Å². The number of rotatable bonds is 4. The predicted molar refractivity (Wildman–Crippen MR) is 71.5 cm³/mol. The second-order valence-electron chi connectivity index (χ2n) is 4.18. The Morgan fingerprint density at radius 2 is 1.94 bits per heavy atom. The van der Waals surface area contributed by atoms with Crippen molar-refractivity contribution < 1.29 is 9.13 Å². The molecule has 94 valence electrons. The van der Waals surface area contributed by atoms with Crippen molar-refractivity contribution in [1.29, 1.82) is 0 Å². The van der Waals surface area contributed by atoms with Crippen LogP contribution in [0.3, 0.4) is 0 Å². The lowest BCUT2D eigenvalue weighted by Crippen LogP contribution is -1.98. The van der Waals surface area contributed by atoms with Crippen LogP contribution in [0.2, 0.25) is 0 Å². The lowest BCUT2D eigenvalue weighted by molar-refractivity contribution is 0.290. The highest BCUT2D eigenvalue weighted by Gasteiger charge is 2.04. The summed E-state index contributed by atoms with van der Waals surface area (Å²) >= 11 is 5.63. The summed E-state index contributed by atoms with van der Waals surface area (Å²) in [4.78, 5) is 0. The zero-order valence-corrected chi connectivity index (χ0v) is 10.9. The van der Waals surface area contributed by atoms with Gasteiger partial charge in [0.25, 0.3) is 0 Å². The maximum Gasteiger partial charge on any atom is 0.165 e. The van der Waals surface area contributed by atoms with Crippen LogP contribution >= 0.6 is 11.6 Å². The van der Waals surface area contributed by atoms with Crippen molar-refractivity contribution in [3.05, 3.63) is 65.0 Å². The molecule has 18 heavy (non-hydrogen) atoms. The fraction of sp³-hybridized carbons (Fsp3) is 0.200. The largest absolute Gasteiger partial charge is 0.486 e. The average Bonchev–Trinajstić information content (AvgIpc) is 2.37. The molecule has 0 fully saturated rings. The molecular formula is C15H14ClFO. The molecule has 0 saturated heterocycles. The van der Waals surface area contributed by atoms with Crippen LogP contribution < -0.4 is 4.74 Å². The molecule has 0 aliphatic rings. The van der Waals surface area contributed by atoms with E-state index in [9.17, 15) is 4.39 Å². The quantitative estimate of drug-likeness (QED) is 0.741. The second-order valence-corrected chi connectivity index (χ2v) is 4.44. The highest BCUT2D eigenvalue weighted by atomic mass is 35.5. The summed E-state index contributed by atoms with van der Waals surface area (Å²) in [7, 11) is 0. The van der Waals surface area contributed by atoms with E-state index in [0.29, 0.717) is 12.5 Å². The standard InChI is InChI=1S/C15H14ClFO/c1-11-3-2-4-13(7-11)10-18-15-6-5-12(9-16)8-14(15)17/h2-8H,9-10H2,1H3. The van der Waals surface area contributed by atoms with E-state index >= 15 is 0 Å². The van der Waals surface area contributed by atoms with Crippen molar-refractivity contribution in [1.82, 2.24) is 0 Å². The molecule has 2 aromatic rings. The van der Waals surface area contributed by atoms with Gasteiger partial charge in [-0.2, -0.15) is 0 Å². The number of aryl methyl sites for hydroxylation is 1. The van der Waals surface area contributed by atoms with Gasteiger partial charge in [0, 0.05) is 5.88 Å². The molecule has 0 aliphatic carbocycles. The molecule has 1 nitrogen and oxygen atoms in total. The molecule has 0 amide bonds. The highest BCUT2D eigenvalue weighted by Crippen LogP contribution is 2.20. The first-order chi connectivity index (χ1) is 8.69. The van der Waals surface area contributed by atoms with E-state index in [4.69, 9.17) is 16.3 Å². The summed E-state index contributed by atoms with van der Waals surface area (Å²) < 4.78 is 19.1. The van der Waals surface area contributed by atoms with Gasteiger partial charge in [-0.1, -0.05) is 35.9 Å². The van der Waals surface area contributed by atoms with Crippen LogP contribution in [-0.4, -0.2) is 0 Å². The zero-order chi connectivity index (χ0) is 13.0. The van der Waals surface area contributed by atoms with Crippen LogP contribution in [0.5, 0.6) is 5.75 Å². The molecule has 0 saturated carbocycles. The van der Waals surface area contributed by atoms with Crippen molar-refractivity contribution >= 4 is 11.6 Å². The third-order valence-corrected chi connectivity index (χ3v) is 2.94. The van der Waals surface area contributed by atoms with Gasteiger partial charge in [-0.05, 0) is 30.2 Å². The Hall–Kier alpha value is -1.54. The van der Waals surface area contributed by atoms with E-state index in [1.165, 1.54) is 6.07 Å². The summed E-state index contributed by atoms with van der Waals surface area (Å²) in [6, 6.07) is 12.7. The van der Waals surface area contributed by atoms with E-state index in [1.54, 1.807) is 12.1 Å². The first kappa shape index (κ1) is 12.9. The van der Waals surface area contributed by atoms with Gasteiger partial charge >= 0.3 is 0 Å². The molecule has 2 aromatic carbocycles. The minimum absolute atomic E-state index is 0.255. The first-order valence-electron chi connectivity index (χ1n) is 5.72. The molecule has 0 radical (unpaired) electrons. The van der Waals surface area contributed by atoms with Crippen molar-refractivity contribution in [3.8, 4) is 5.75 Å². The fourth-order valence-electron chi connectivity index (χ4n) is 1.71. The Morgan fingerprint density at radius 3 is 2.61 bits per heavy atom. The molecule has 2 rings (SSSR count). The average molecular weight is 265 g/mol. The number of halogens is 2. The second kappa shape index (κ2) is 5.87. The van der Waals surface area contributed by atoms with Crippen molar-refractivity contribution in [2.75, 3.05) is 0 Å². The molecular weight excluding hydrogens is 251 g/mol. The van der Waals surface area contributed by atoms with Crippen molar-refractivity contribution in [3.63, 3.8) is 0 Å². The number of hydrogen-bond acceptors (Lipinski definition) is 1. The van der Waals surface area contributed by atoms with Gasteiger partial charge < -0.3 is 4.74 Å². The number of alkyl halides is 1. The Kier molecular flexibility index (Phi) is 4.21. The van der Waals surface area contributed by atoms with Gasteiger partial charge in [-0.3, -0.25) is 0 Å². The Labute approximate surface area is 111 Å². The Bertz CT molecular complexity index is 540. The van der Waals surface area contributed by atoms with Gasteiger partial charge in [0.05, 0.1) is 0 Å². The summed E-state index contributed by atoms with van der Waals surface area (Å²) in [5, 5.41) is 0. The summed E-state index contributed by atoms with van der Waals surface area (Å²) in [6.45, 7) is 2.37. The van der Waals surface area contributed by atoms with E-state index < -0.39 is 0 Å². The molecule has 0 bridgehead atoms. The third kappa shape index (κ3) is 3.23. The lowest BCUT2D eigenvalue weighted by atomic mass is 10.1. The number of benzene rings is 2. The molecule has 0 unspecified atom stereocenters. The monoisotopic (exact) mass is 264 g/mol. The number of hydrogen-bond donors (Lipinski definition) is 0. The van der Waals surface area contributed by atoms with E-state index in [-0.39, 0.29) is 11.6 Å². The smallest absolute Gasteiger partial charge is 0.165 e. The SMILES string of the molecule is Cc1cccc(COc2ccc(CCl)cc2F)c1. The molecule has 0 spiro atoms.